The van der Waals surface area contributed by atoms with Gasteiger partial charge in [-0.1, -0.05) is 12.1 Å². The van der Waals surface area contributed by atoms with Gasteiger partial charge in [0.05, 0.1) is 5.69 Å². The van der Waals surface area contributed by atoms with E-state index < -0.39 is 0 Å². The molecule has 1 fully saturated rings. The normalized spacial score (nSPS) is 16.2. The number of nitrogens with one attached hydrogen (secondary N) is 1. The second kappa shape index (κ2) is 8.82. The molecule has 0 radical (unpaired) electrons. The molecule has 1 amide bonds. The fourth-order valence-corrected chi connectivity index (χ4v) is 3.55. The summed E-state index contributed by atoms with van der Waals surface area (Å²) >= 11 is 0. The van der Waals surface area contributed by atoms with Crippen molar-refractivity contribution in [1.82, 2.24) is 24.8 Å². The van der Waals surface area contributed by atoms with Crippen LogP contribution in [0.1, 0.15) is 35.0 Å². The van der Waals surface area contributed by atoms with Gasteiger partial charge in [-0.15, -0.1) is 0 Å². The first-order chi connectivity index (χ1) is 14.6. The van der Waals surface area contributed by atoms with E-state index in [1.807, 2.05) is 49.1 Å². The van der Waals surface area contributed by atoms with Crippen LogP contribution in [0.4, 0.5) is 11.6 Å². The Labute approximate surface area is 175 Å². The van der Waals surface area contributed by atoms with Gasteiger partial charge >= 0.3 is 0 Å². The lowest BCUT2D eigenvalue weighted by atomic mass is 10.0. The Bertz CT molecular complexity index is 1070. The summed E-state index contributed by atoms with van der Waals surface area (Å²) in [7, 11) is 0. The van der Waals surface area contributed by atoms with Crippen molar-refractivity contribution >= 4 is 23.6 Å². The van der Waals surface area contributed by atoms with E-state index in [-0.39, 0.29) is 11.8 Å². The van der Waals surface area contributed by atoms with Gasteiger partial charge in [-0.05, 0) is 49.6 Å². The van der Waals surface area contributed by atoms with Crippen molar-refractivity contribution < 1.29 is 4.79 Å². The zero-order valence-corrected chi connectivity index (χ0v) is 17.1. The Morgan fingerprint density at radius 2 is 2.07 bits per heavy atom. The minimum atomic E-state index is 0.00888. The second-order valence-electron chi connectivity index (χ2n) is 7.41. The monoisotopic (exact) mass is 400 g/mol. The molecule has 4 rings (SSSR count). The van der Waals surface area contributed by atoms with Crippen molar-refractivity contribution in [2.24, 2.45) is 0 Å². The van der Waals surface area contributed by atoms with Gasteiger partial charge in [0.15, 0.2) is 0 Å². The average Bonchev–Trinajstić information content (AvgIpc) is 3.25. The second-order valence-corrected chi connectivity index (χ2v) is 7.41. The number of carbonyl (C=O) groups is 1. The first-order valence-corrected chi connectivity index (χ1v) is 10.00. The Morgan fingerprint density at radius 3 is 2.87 bits per heavy atom. The lowest BCUT2D eigenvalue weighted by molar-refractivity contribution is -0.124. The molecule has 4 heterocycles. The molecule has 0 saturated carbocycles. The number of hydrogen-bond donors (Lipinski definition) is 1. The first kappa shape index (κ1) is 19.7. The van der Waals surface area contributed by atoms with Crippen LogP contribution in [0.5, 0.6) is 0 Å². The van der Waals surface area contributed by atoms with Crippen LogP contribution < -0.4 is 5.32 Å². The van der Waals surface area contributed by atoms with Gasteiger partial charge in [0.25, 0.3) is 0 Å². The lowest BCUT2D eigenvalue weighted by Gasteiger charge is -2.15. The number of hydrogen-bond acceptors (Lipinski definition) is 6. The van der Waals surface area contributed by atoms with Crippen LogP contribution in [-0.2, 0) is 4.79 Å². The number of likely N-dealkylation sites (tertiary alicyclic amines) is 1. The highest BCUT2D eigenvalue weighted by Gasteiger charge is 2.27. The van der Waals surface area contributed by atoms with E-state index in [1.54, 1.807) is 30.7 Å². The number of aromatic nitrogens is 4. The minimum absolute atomic E-state index is 0.00888. The molecule has 3 aromatic heterocycles. The highest BCUT2D eigenvalue weighted by Crippen LogP contribution is 2.28. The Kier molecular flexibility index (Phi) is 5.79. The summed E-state index contributed by atoms with van der Waals surface area (Å²) in [6, 6.07) is 9.65. The van der Waals surface area contributed by atoms with E-state index in [0.29, 0.717) is 18.9 Å². The van der Waals surface area contributed by atoms with E-state index in [1.165, 1.54) is 0 Å². The van der Waals surface area contributed by atoms with E-state index in [9.17, 15) is 4.79 Å². The number of anilines is 2. The third-order valence-electron chi connectivity index (χ3n) is 5.13. The van der Waals surface area contributed by atoms with Crippen LogP contribution in [0, 0.1) is 13.8 Å². The van der Waals surface area contributed by atoms with Gasteiger partial charge in [0.2, 0.25) is 5.91 Å². The molecule has 1 atom stereocenters. The molecule has 1 aliphatic rings. The Hall–Kier alpha value is -3.61. The molecule has 3 aromatic rings. The predicted molar refractivity (Wildman–Crippen MR) is 116 cm³/mol. The van der Waals surface area contributed by atoms with Crippen molar-refractivity contribution in [3.63, 3.8) is 0 Å². The summed E-state index contributed by atoms with van der Waals surface area (Å²) in [6.07, 6.45) is 9.50. The average molecular weight is 400 g/mol. The van der Waals surface area contributed by atoms with E-state index >= 15 is 0 Å². The number of amides is 1. The zero-order chi connectivity index (χ0) is 20.9. The van der Waals surface area contributed by atoms with Crippen molar-refractivity contribution in [2.75, 3.05) is 18.4 Å². The number of carbonyl (C=O) groups excluding carboxylic acids is 1. The highest BCUT2D eigenvalue weighted by molar-refractivity contribution is 5.92. The van der Waals surface area contributed by atoms with Gasteiger partial charge in [0.1, 0.15) is 17.5 Å². The number of rotatable bonds is 5. The van der Waals surface area contributed by atoms with E-state index in [2.05, 4.69) is 25.3 Å². The smallest absolute Gasteiger partial charge is 0.246 e. The largest absolute Gasteiger partial charge is 0.338 e. The van der Waals surface area contributed by atoms with Crippen LogP contribution in [-0.4, -0.2) is 43.8 Å². The maximum Gasteiger partial charge on any atom is 0.246 e. The van der Waals surface area contributed by atoms with Crippen LogP contribution in [0.25, 0.3) is 6.08 Å². The fourth-order valence-electron chi connectivity index (χ4n) is 3.55. The van der Waals surface area contributed by atoms with Crippen molar-refractivity contribution in [2.45, 2.75) is 26.2 Å². The summed E-state index contributed by atoms with van der Waals surface area (Å²) in [5, 5.41) is 3.29. The molecule has 7 nitrogen and oxygen atoms in total. The first-order valence-electron chi connectivity index (χ1n) is 10.00. The third kappa shape index (κ3) is 4.68. The van der Waals surface area contributed by atoms with Gasteiger partial charge in [-0.2, -0.15) is 0 Å². The maximum atomic E-state index is 12.6. The van der Waals surface area contributed by atoms with Gasteiger partial charge in [-0.3, -0.25) is 9.78 Å². The predicted octanol–water partition coefficient (Wildman–Crippen LogP) is 3.66. The van der Waals surface area contributed by atoms with Gasteiger partial charge in [-0.25, -0.2) is 15.0 Å². The van der Waals surface area contributed by atoms with E-state index in [4.69, 9.17) is 0 Å². The standard InChI is InChI=1S/C23H24N6O/c1-16-5-3-11-25-23(16)28-21-13-20(26-17(2)27-21)19-9-12-29(15-19)22(30)8-7-18-6-4-10-24-14-18/h3-8,10-11,13-14,19H,9,12,15H2,1-2H3,(H,25,26,27,28)/b8-7+/t19-/m0/s1. The van der Waals surface area contributed by atoms with Gasteiger partial charge < -0.3 is 10.2 Å². The third-order valence-corrected chi connectivity index (χ3v) is 5.13. The molecule has 1 N–H and O–H groups in total. The molecule has 0 spiro atoms. The topological polar surface area (TPSA) is 83.9 Å². The van der Waals surface area contributed by atoms with Crippen LogP contribution in [0.2, 0.25) is 0 Å². The summed E-state index contributed by atoms with van der Waals surface area (Å²) in [4.78, 5) is 32.0. The Morgan fingerprint density at radius 1 is 1.20 bits per heavy atom. The van der Waals surface area contributed by atoms with Crippen molar-refractivity contribution in [3.8, 4) is 0 Å². The molecular weight excluding hydrogens is 376 g/mol. The van der Waals surface area contributed by atoms with Crippen LogP contribution in [0.15, 0.2) is 55.0 Å². The van der Waals surface area contributed by atoms with Crippen molar-refractivity contribution in [1.29, 1.82) is 0 Å². The molecule has 7 heteroatoms. The molecular formula is C23H24N6O. The highest BCUT2D eigenvalue weighted by atomic mass is 16.2. The Balaban J connectivity index is 1.45. The van der Waals surface area contributed by atoms with Crippen molar-refractivity contribution in [3.05, 3.63) is 77.6 Å². The molecule has 0 bridgehead atoms. The summed E-state index contributed by atoms with van der Waals surface area (Å²) < 4.78 is 0. The molecule has 1 aliphatic heterocycles. The number of aryl methyl sites for hydroxylation is 2. The summed E-state index contributed by atoms with van der Waals surface area (Å²) in [5.74, 6) is 2.40. The minimum Gasteiger partial charge on any atom is -0.338 e. The molecule has 0 aliphatic carbocycles. The zero-order valence-electron chi connectivity index (χ0n) is 17.1. The number of nitrogens with zero attached hydrogens (tertiary/aromatic N) is 5. The van der Waals surface area contributed by atoms with Gasteiger partial charge in [0, 0.05) is 49.7 Å². The molecule has 0 unspecified atom stereocenters. The van der Waals surface area contributed by atoms with Crippen LogP contribution >= 0.6 is 0 Å². The molecule has 0 aromatic carbocycles. The summed E-state index contributed by atoms with van der Waals surface area (Å²) in [5.41, 5.74) is 2.91. The SMILES string of the molecule is Cc1nc(Nc2ncccc2C)cc([C@H]2CCN(C(=O)/C=C/c3cccnc3)C2)n1. The molecule has 30 heavy (non-hydrogen) atoms. The quantitative estimate of drug-likeness (QED) is 0.658. The van der Waals surface area contributed by atoms with E-state index in [0.717, 1.165) is 34.9 Å². The van der Waals surface area contributed by atoms with Crippen LogP contribution in [0.3, 0.4) is 0 Å². The fraction of sp³-hybridized carbons (Fsp3) is 0.261. The number of pyridine rings is 2. The summed E-state index contributed by atoms with van der Waals surface area (Å²) in [6.45, 7) is 5.25. The maximum absolute atomic E-state index is 12.6. The molecule has 152 valence electrons. The molecule has 1 saturated heterocycles. The lowest BCUT2D eigenvalue weighted by Crippen LogP contribution is -2.26.